The van der Waals surface area contributed by atoms with E-state index in [1.807, 2.05) is 0 Å². The molecule has 1 atom stereocenters. The molecule has 1 aromatic rings. The molecule has 0 aromatic carbocycles. The van der Waals surface area contributed by atoms with Crippen molar-refractivity contribution in [1.29, 1.82) is 0 Å². The van der Waals surface area contributed by atoms with Crippen LogP contribution in [0.15, 0.2) is 15.9 Å². The summed E-state index contributed by atoms with van der Waals surface area (Å²) in [6.07, 6.45) is 1.13. The Morgan fingerprint density at radius 1 is 1.60 bits per heavy atom. The zero-order valence-electron chi connectivity index (χ0n) is 8.83. The number of methoxy groups -OCH3 is 1. The van der Waals surface area contributed by atoms with Crippen molar-refractivity contribution in [3.05, 3.63) is 20.8 Å². The molecule has 0 spiro atoms. The van der Waals surface area contributed by atoms with Gasteiger partial charge in [0.2, 0.25) is 0 Å². The Hall–Kier alpha value is 0.0600. The standard InChI is InChI=1S/C10H17BrN2OS/c1-14-8(6-12)4-5-13-7-9-2-3-10(11)15-9/h2-3,8,13H,4-7,12H2,1H3. The molecule has 0 aliphatic carbocycles. The highest BCUT2D eigenvalue weighted by Gasteiger charge is 2.03. The lowest BCUT2D eigenvalue weighted by Crippen LogP contribution is -2.27. The van der Waals surface area contributed by atoms with Crippen molar-refractivity contribution in [2.24, 2.45) is 5.73 Å². The van der Waals surface area contributed by atoms with E-state index in [9.17, 15) is 0 Å². The third kappa shape index (κ3) is 5.08. The fourth-order valence-corrected chi connectivity index (χ4v) is 2.71. The molecule has 1 rings (SSSR count). The molecule has 0 saturated heterocycles. The van der Waals surface area contributed by atoms with Gasteiger partial charge >= 0.3 is 0 Å². The van der Waals surface area contributed by atoms with E-state index in [1.54, 1.807) is 18.4 Å². The van der Waals surface area contributed by atoms with E-state index >= 15 is 0 Å². The summed E-state index contributed by atoms with van der Waals surface area (Å²) in [5.74, 6) is 0. The summed E-state index contributed by atoms with van der Waals surface area (Å²) in [5, 5.41) is 3.37. The van der Waals surface area contributed by atoms with Gasteiger partial charge in [-0.25, -0.2) is 0 Å². The van der Waals surface area contributed by atoms with Gasteiger partial charge in [0, 0.05) is 25.1 Å². The lowest BCUT2D eigenvalue weighted by Gasteiger charge is -2.12. The maximum atomic E-state index is 5.52. The highest BCUT2D eigenvalue weighted by Crippen LogP contribution is 2.21. The van der Waals surface area contributed by atoms with Crippen LogP contribution in [-0.4, -0.2) is 26.3 Å². The second-order valence-corrected chi connectivity index (χ2v) is 5.81. The van der Waals surface area contributed by atoms with Gasteiger partial charge in [-0.3, -0.25) is 0 Å². The van der Waals surface area contributed by atoms with Crippen molar-refractivity contribution in [1.82, 2.24) is 5.32 Å². The van der Waals surface area contributed by atoms with E-state index in [0.29, 0.717) is 6.54 Å². The molecule has 3 N–H and O–H groups in total. The van der Waals surface area contributed by atoms with E-state index in [2.05, 4.69) is 33.4 Å². The predicted octanol–water partition coefficient (Wildman–Crippen LogP) is 1.96. The molecule has 0 amide bonds. The van der Waals surface area contributed by atoms with Crippen molar-refractivity contribution < 1.29 is 4.74 Å². The van der Waals surface area contributed by atoms with Crippen LogP contribution in [0.25, 0.3) is 0 Å². The normalized spacial score (nSPS) is 13.0. The zero-order chi connectivity index (χ0) is 11.1. The third-order valence-electron chi connectivity index (χ3n) is 2.17. The summed E-state index contributed by atoms with van der Waals surface area (Å²) in [4.78, 5) is 1.34. The topological polar surface area (TPSA) is 47.3 Å². The number of hydrogen-bond acceptors (Lipinski definition) is 4. The quantitative estimate of drug-likeness (QED) is 0.756. The summed E-state index contributed by atoms with van der Waals surface area (Å²) >= 11 is 5.20. The Labute approximate surface area is 103 Å². The van der Waals surface area contributed by atoms with Crippen molar-refractivity contribution in [2.45, 2.75) is 19.1 Å². The molecule has 1 unspecified atom stereocenters. The Kier molecular flexibility index (Phi) is 6.43. The van der Waals surface area contributed by atoms with Gasteiger partial charge in [-0.05, 0) is 41.0 Å². The molecule has 0 aliphatic rings. The summed E-state index contributed by atoms with van der Waals surface area (Å²) in [6, 6.07) is 4.19. The van der Waals surface area contributed by atoms with Crippen LogP contribution < -0.4 is 11.1 Å². The van der Waals surface area contributed by atoms with Crippen molar-refractivity contribution in [3.63, 3.8) is 0 Å². The largest absolute Gasteiger partial charge is 0.380 e. The third-order valence-corrected chi connectivity index (χ3v) is 3.79. The van der Waals surface area contributed by atoms with E-state index < -0.39 is 0 Å². The smallest absolute Gasteiger partial charge is 0.0705 e. The minimum Gasteiger partial charge on any atom is -0.380 e. The van der Waals surface area contributed by atoms with Gasteiger partial charge in [-0.15, -0.1) is 11.3 Å². The highest BCUT2D eigenvalue weighted by atomic mass is 79.9. The van der Waals surface area contributed by atoms with Crippen LogP contribution in [0.5, 0.6) is 0 Å². The minimum atomic E-state index is 0.174. The number of ether oxygens (including phenoxy) is 1. The fourth-order valence-electron chi connectivity index (χ4n) is 1.25. The maximum Gasteiger partial charge on any atom is 0.0705 e. The minimum absolute atomic E-state index is 0.174. The van der Waals surface area contributed by atoms with Gasteiger partial charge in [-0.1, -0.05) is 0 Å². The van der Waals surface area contributed by atoms with Crippen LogP contribution in [0.3, 0.4) is 0 Å². The van der Waals surface area contributed by atoms with Gasteiger partial charge in [0.05, 0.1) is 9.89 Å². The molecule has 86 valence electrons. The number of nitrogens with two attached hydrogens (primary N) is 1. The number of rotatable bonds is 7. The van der Waals surface area contributed by atoms with Crippen molar-refractivity contribution >= 4 is 27.3 Å². The summed E-state index contributed by atoms with van der Waals surface area (Å²) in [7, 11) is 1.70. The molecule has 1 aromatic heterocycles. The Morgan fingerprint density at radius 2 is 2.40 bits per heavy atom. The summed E-state index contributed by atoms with van der Waals surface area (Å²) in [6.45, 7) is 2.44. The average Bonchev–Trinajstić information content (AvgIpc) is 2.65. The van der Waals surface area contributed by atoms with Crippen molar-refractivity contribution in [3.8, 4) is 0 Å². The lowest BCUT2D eigenvalue weighted by atomic mass is 10.2. The SMILES string of the molecule is COC(CN)CCNCc1ccc(Br)s1. The first-order valence-electron chi connectivity index (χ1n) is 4.94. The first-order valence-corrected chi connectivity index (χ1v) is 6.55. The molecule has 0 radical (unpaired) electrons. The van der Waals surface area contributed by atoms with Crippen LogP contribution in [0.4, 0.5) is 0 Å². The fraction of sp³-hybridized carbons (Fsp3) is 0.600. The number of nitrogens with one attached hydrogen (secondary N) is 1. The Morgan fingerprint density at radius 3 is 2.93 bits per heavy atom. The van der Waals surface area contributed by atoms with Crippen LogP contribution in [0, 0.1) is 0 Å². The first-order chi connectivity index (χ1) is 7.26. The number of thiophene rings is 1. The van der Waals surface area contributed by atoms with Crippen LogP contribution in [0.1, 0.15) is 11.3 Å². The van der Waals surface area contributed by atoms with E-state index in [4.69, 9.17) is 10.5 Å². The lowest BCUT2D eigenvalue weighted by molar-refractivity contribution is 0.102. The first kappa shape index (κ1) is 13.1. The Balaban J connectivity index is 2.11. The molecular weight excluding hydrogens is 276 g/mol. The second-order valence-electron chi connectivity index (χ2n) is 3.26. The van der Waals surface area contributed by atoms with Crippen LogP contribution in [-0.2, 0) is 11.3 Å². The average molecular weight is 293 g/mol. The highest BCUT2D eigenvalue weighted by molar-refractivity contribution is 9.11. The van der Waals surface area contributed by atoms with Crippen LogP contribution in [0.2, 0.25) is 0 Å². The molecule has 0 aliphatic heterocycles. The molecule has 1 heterocycles. The van der Waals surface area contributed by atoms with Gasteiger partial charge in [0.1, 0.15) is 0 Å². The van der Waals surface area contributed by atoms with Gasteiger partial charge in [0.25, 0.3) is 0 Å². The van der Waals surface area contributed by atoms with E-state index in [0.717, 1.165) is 19.5 Å². The number of halogens is 1. The molecule has 15 heavy (non-hydrogen) atoms. The maximum absolute atomic E-state index is 5.52. The molecule has 0 saturated carbocycles. The van der Waals surface area contributed by atoms with Gasteiger partial charge in [0.15, 0.2) is 0 Å². The van der Waals surface area contributed by atoms with Gasteiger partial charge in [-0.2, -0.15) is 0 Å². The van der Waals surface area contributed by atoms with Gasteiger partial charge < -0.3 is 15.8 Å². The molecule has 5 heteroatoms. The molecule has 0 fully saturated rings. The van der Waals surface area contributed by atoms with E-state index in [1.165, 1.54) is 8.66 Å². The zero-order valence-corrected chi connectivity index (χ0v) is 11.2. The number of hydrogen-bond donors (Lipinski definition) is 2. The molecule has 3 nitrogen and oxygen atoms in total. The summed E-state index contributed by atoms with van der Waals surface area (Å²) < 4.78 is 6.36. The van der Waals surface area contributed by atoms with E-state index in [-0.39, 0.29) is 6.10 Å². The van der Waals surface area contributed by atoms with Crippen LogP contribution >= 0.6 is 27.3 Å². The monoisotopic (exact) mass is 292 g/mol. The van der Waals surface area contributed by atoms with Crippen molar-refractivity contribution in [2.75, 3.05) is 20.2 Å². The molecule has 0 bridgehead atoms. The molecular formula is C10H17BrN2OS. The predicted molar refractivity (Wildman–Crippen MR) is 68.2 cm³/mol. The second kappa shape index (κ2) is 7.35. The Bertz CT molecular complexity index is 276. The summed E-state index contributed by atoms with van der Waals surface area (Å²) in [5.41, 5.74) is 5.52.